The van der Waals surface area contributed by atoms with Gasteiger partial charge in [-0.3, -0.25) is 0 Å². The Morgan fingerprint density at radius 3 is 2.68 bits per heavy atom. The molecule has 0 saturated carbocycles. The number of halogens is 1. The molecule has 0 heterocycles. The van der Waals surface area contributed by atoms with Gasteiger partial charge in [0.2, 0.25) is 0 Å². The molecule has 19 heavy (non-hydrogen) atoms. The van der Waals surface area contributed by atoms with Gasteiger partial charge in [-0.2, -0.15) is 0 Å². The summed E-state index contributed by atoms with van der Waals surface area (Å²) < 4.78 is 5.82. The highest BCUT2D eigenvalue weighted by Gasteiger charge is 2.10. The van der Waals surface area contributed by atoms with Crippen molar-refractivity contribution in [2.45, 2.75) is 47.0 Å². The van der Waals surface area contributed by atoms with Gasteiger partial charge in [-0.05, 0) is 43.0 Å². The molecule has 0 saturated heterocycles. The molecular weight excluding hydrogens is 256 g/mol. The average molecular weight is 279 g/mol. The van der Waals surface area contributed by atoms with Gasteiger partial charge in [0, 0.05) is 17.4 Å². The molecule has 1 rings (SSSR count). The number of aryl methyl sites for hydroxylation is 1. The Labute approximate surface area is 122 Å². The van der Waals surface area contributed by atoms with E-state index in [4.69, 9.17) is 16.3 Å². The molecule has 104 valence electrons. The zero-order chi connectivity index (χ0) is 14.3. The van der Waals surface area contributed by atoms with Crippen LogP contribution < -0.4 is 4.74 Å². The van der Waals surface area contributed by atoms with E-state index in [9.17, 15) is 0 Å². The summed E-state index contributed by atoms with van der Waals surface area (Å²) in [5.41, 5.74) is 2.21. The van der Waals surface area contributed by atoms with E-state index >= 15 is 0 Å². The van der Waals surface area contributed by atoms with E-state index in [0.717, 1.165) is 47.8 Å². The first-order valence-corrected chi connectivity index (χ1v) is 7.36. The Balaban J connectivity index is 2.93. The van der Waals surface area contributed by atoms with Crippen molar-refractivity contribution < 1.29 is 4.74 Å². The lowest BCUT2D eigenvalue weighted by molar-refractivity contribution is 0.313. The molecule has 0 N–H and O–H groups in total. The Morgan fingerprint density at radius 1 is 1.32 bits per heavy atom. The highest BCUT2D eigenvalue weighted by molar-refractivity contribution is 6.31. The van der Waals surface area contributed by atoms with Gasteiger partial charge in [0.1, 0.15) is 5.75 Å². The fraction of sp³-hybridized carbons (Fsp3) is 0.529. The molecule has 1 aromatic carbocycles. The van der Waals surface area contributed by atoms with E-state index < -0.39 is 0 Å². The Bertz CT molecular complexity index is 468. The minimum atomic E-state index is 0.322. The van der Waals surface area contributed by atoms with Crippen LogP contribution in [0.5, 0.6) is 5.75 Å². The standard InChI is InChI=1S/C17H23ClO/c1-5-7-8-13(3)10-15-12-16(18)14(4)11-17(15)19-9-6-2/h11-13H,5-6,9-10H2,1-4H3. The summed E-state index contributed by atoms with van der Waals surface area (Å²) in [6, 6.07) is 4.05. The zero-order valence-corrected chi connectivity index (χ0v) is 13.1. The van der Waals surface area contributed by atoms with Crippen LogP contribution in [0.15, 0.2) is 12.1 Å². The van der Waals surface area contributed by atoms with Gasteiger partial charge in [-0.15, -0.1) is 5.92 Å². The van der Waals surface area contributed by atoms with Crippen LogP contribution in [-0.4, -0.2) is 6.61 Å². The van der Waals surface area contributed by atoms with Crippen LogP contribution in [0.3, 0.4) is 0 Å². The Kier molecular flexibility index (Phi) is 6.81. The minimum Gasteiger partial charge on any atom is -0.493 e. The lowest BCUT2D eigenvalue weighted by atomic mass is 9.99. The van der Waals surface area contributed by atoms with Gasteiger partial charge in [0.25, 0.3) is 0 Å². The molecule has 0 bridgehead atoms. The molecule has 1 unspecified atom stereocenters. The van der Waals surface area contributed by atoms with Gasteiger partial charge in [-0.25, -0.2) is 0 Å². The zero-order valence-electron chi connectivity index (χ0n) is 12.3. The Morgan fingerprint density at radius 2 is 2.05 bits per heavy atom. The smallest absolute Gasteiger partial charge is 0.122 e. The maximum absolute atomic E-state index is 6.22. The molecule has 0 aliphatic carbocycles. The molecule has 1 aromatic rings. The van der Waals surface area contributed by atoms with Gasteiger partial charge < -0.3 is 4.74 Å². The molecular formula is C17H23ClO. The second-order valence-electron chi connectivity index (χ2n) is 4.84. The van der Waals surface area contributed by atoms with Crippen LogP contribution in [0.2, 0.25) is 5.02 Å². The molecule has 0 aliphatic rings. The molecule has 2 heteroatoms. The SMILES string of the molecule is CCC#CC(C)Cc1cc(Cl)c(C)cc1OCCC. The van der Waals surface area contributed by atoms with Crippen molar-refractivity contribution in [1.82, 2.24) is 0 Å². The van der Waals surface area contributed by atoms with Crippen LogP contribution in [0, 0.1) is 24.7 Å². The molecule has 0 fully saturated rings. The molecule has 0 spiro atoms. The minimum absolute atomic E-state index is 0.322. The van der Waals surface area contributed by atoms with E-state index in [-0.39, 0.29) is 0 Å². The van der Waals surface area contributed by atoms with Crippen LogP contribution in [0.25, 0.3) is 0 Å². The molecule has 0 aliphatic heterocycles. The van der Waals surface area contributed by atoms with Gasteiger partial charge in [0.15, 0.2) is 0 Å². The van der Waals surface area contributed by atoms with Crippen LogP contribution in [0.4, 0.5) is 0 Å². The quantitative estimate of drug-likeness (QED) is 0.687. The van der Waals surface area contributed by atoms with Gasteiger partial charge >= 0.3 is 0 Å². The normalized spacial score (nSPS) is 11.6. The predicted octanol–water partition coefficient (Wildman–Crippen LogP) is 5.03. The lowest BCUT2D eigenvalue weighted by Gasteiger charge is -2.14. The van der Waals surface area contributed by atoms with Crippen molar-refractivity contribution in [3.63, 3.8) is 0 Å². The molecule has 1 atom stereocenters. The topological polar surface area (TPSA) is 9.23 Å². The third kappa shape index (κ3) is 5.17. The molecule has 0 radical (unpaired) electrons. The van der Waals surface area contributed by atoms with Crippen molar-refractivity contribution >= 4 is 11.6 Å². The van der Waals surface area contributed by atoms with E-state index in [0.29, 0.717) is 5.92 Å². The van der Waals surface area contributed by atoms with E-state index in [1.165, 1.54) is 0 Å². The summed E-state index contributed by atoms with van der Waals surface area (Å²) in [6.07, 6.45) is 2.79. The van der Waals surface area contributed by atoms with E-state index in [2.05, 4.69) is 32.6 Å². The summed E-state index contributed by atoms with van der Waals surface area (Å²) in [7, 11) is 0. The number of ether oxygens (including phenoxy) is 1. The fourth-order valence-corrected chi connectivity index (χ4v) is 2.05. The summed E-state index contributed by atoms with van der Waals surface area (Å²) >= 11 is 6.22. The predicted molar refractivity (Wildman–Crippen MR) is 82.9 cm³/mol. The highest BCUT2D eigenvalue weighted by atomic mass is 35.5. The number of rotatable bonds is 5. The monoisotopic (exact) mass is 278 g/mol. The maximum Gasteiger partial charge on any atom is 0.122 e. The number of hydrogen-bond donors (Lipinski definition) is 0. The van der Waals surface area contributed by atoms with Gasteiger partial charge in [0.05, 0.1) is 6.61 Å². The van der Waals surface area contributed by atoms with Crippen molar-refractivity contribution in [3.8, 4) is 17.6 Å². The van der Waals surface area contributed by atoms with Crippen molar-refractivity contribution in [3.05, 3.63) is 28.3 Å². The third-order valence-corrected chi connectivity index (χ3v) is 3.26. The highest BCUT2D eigenvalue weighted by Crippen LogP contribution is 2.28. The second kappa shape index (κ2) is 8.12. The first-order chi connectivity index (χ1) is 9.08. The molecule has 1 nitrogen and oxygen atoms in total. The first kappa shape index (κ1) is 15.9. The lowest BCUT2D eigenvalue weighted by Crippen LogP contribution is -2.03. The first-order valence-electron chi connectivity index (χ1n) is 6.98. The third-order valence-electron chi connectivity index (χ3n) is 2.85. The average Bonchev–Trinajstić information content (AvgIpc) is 2.38. The van der Waals surface area contributed by atoms with Crippen LogP contribution >= 0.6 is 11.6 Å². The van der Waals surface area contributed by atoms with Crippen molar-refractivity contribution in [2.24, 2.45) is 5.92 Å². The van der Waals surface area contributed by atoms with E-state index in [1.54, 1.807) is 0 Å². The van der Waals surface area contributed by atoms with Crippen LogP contribution in [-0.2, 0) is 6.42 Å². The van der Waals surface area contributed by atoms with Gasteiger partial charge in [-0.1, -0.05) is 38.3 Å². The number of benzene rings is 1. The van der Waals surface area contributed by atoms with Crippen LogP contribution in [0.1, 0.15) is 44.7 Å². The molecule has 0 amide bonds. The van der Waals surface area contributed by atoms with Crippen molar-refractivity contribution in [2.75, 3.05) is 6.61 Å². The van der Waals surface area contributed by atoms with E-state index in [1.807, 2.05) is 19.1 Å². The summed E-state index contributed by atoms with van der Waals surface area (Å²) in [5.74, 6) is 7.66. The summed E-state index contributed by atoms with van der Waals surface area (Å²) in [4.78, 5) is 0. The van der Waals surface area contributed by atoms with Crippen molar-refractivity contribution in [1.29, 1.82) is 0 Å². The summed E-state index contributed by atoms with van der Waals surface area (Å²) in [5, 5.41) is 0.800. The largest absolute Gasteiger partial charge is 0.493 e. The second-order valence-corrected chi connectivity index (χ2v) is 5.24. The Hall–Kier alpha value is -1.13. The fourth-order valence-electron chi connectivity index (χ4n) is 1.86. The molecule has 0 aromatic heterocycles. The maximum atomic E-state index is 6.22. The summed E-state index contributed by atoms with van der Waals surface area (Å²) in [6.45, 7) is 9.06. The number of hydrogen-bond acceptors (Lipinski definition) is 1.